The molecule has 7 heteroatoms. The number of carbonyl (C=O) groups is 1. The lowest BCUT2D eigenvalue weighted by Crippen LogP contribution is -2.38. The van der Waals surface area contributed by atoms with Gasteiger partial charge in [-0.05, 0) is 43.9 Å². The molecule has 0 saturated carbocycles. The van der Waals surface area contributed by atoms with Crippen molar-refractivity contribution in [3.05, 3.63) is 46.1 Å². The second kappa shape index (κ2) is 8.41. The van der Waals surface area contributed by atoms with Crippen molar-refractivity contribution in [3.63, 3.8) is 0 Å². The SMILES string of the molecule is CCn1c(C2CCN(C(=O)CCc3cccc(OC)c3)CC2)nn(C)c1=O. The maximum Gasteiger partial charge on any atom is 0.345 e. The Kier molecular flexibility index (Phi) is 5.98. The second-order valence-corrected chi connectivity index (χ2v) is 7.02. The van der Waals surface area contributed by atoms with E-state index < -0.39 is 0 Å². The van der Waals surface area contributed by atoms with Gasteiger partial charge in [-0.2, -0.15) is 5.10 Å². The molecule has 2 heterocycles. The lowest BCUT2D eigenvalue weighted by atomic mass is 9.95. The highest BCUT2D eigenvalue weighted by molar-refractivity contribution is 5.76. The highest BCUT2D eigenvalue weighted by atomic mass is 16.5. The summed E-state index contributed by atoms with van der Waals surface area (Å²) < 4.78 is 8.38. The first-order chi connectivity index (χ1) is 13.0. The smallest absolute Gasteiger partial charge is 0.345 e. The first-order valence-electron chi connectivity index (χ1n) is 9.58. The molecule has 7 nitrogen and oxygen atoms in total. The largest absolute Gasteiger partial charge is 0.497 e. The van der Waals surface area contributed by atoms with Crippen molar-refractivity contribution >= 4 is 5.91 Å². The van der Waals surface area contributed by atoms with Gasteiger partial charge in [-0.3, -0.25) is 9.36 Å². The lowest BCUT2D eigenvalue weighted by Gasteiger charge is -2.31. The minimum atomic E-state index is -0.0655. The maximum atomic E-state index is 12.6. The number of ether oxygens (including phenoxy) is 1. The standard InChI is InChI=1S/C20H28N4O3/c1-4-24-19(21-22(2)20(24)26)16-10-12-23(13-11-16)18(25)9-8-15-6-5-7-17(14-15)27-3/h5-7,14,16H,4,8-13H2,1-3H3. The number of piperidine rings is 1. The van der Waals surface area contributed by atoms with E-state index >= 15 is 0 Å². The Hall–Kier alpha value is -2.57. The Bertz CT molecular complexity index is 847. The minimum Gasteiger partial charge on any atom is -0.497 e. The molecule has 1 aromatic carbocycles. The molecular weight excluding hydrogens is 344 g/mol. The van der Waals surface area contributed by atoms with Crippen molar-refractivity contribution in [2.45, 2.75) is 45.1 Å². The number of amides is 1. The van der Waals surface area contributed by atoms with Gasteiger partial charge in [0.1, 0.15) is 11.6 Å². The normalized spacial score (nSPS) is 15.1. The monoisotopic (exact) mass is 372 g/mol. The zero-order chi connectivity index (χ0) is 19.4. The number of likely N-dealkylation sites (tertiary alicyclic amines) is 1. The number of hydrogen-bond acceptors (Lipinski definition) is 4. The van der Waals surface area contributed by atoms with Crippen LogP contribution in [0.15, 0.2) is 29.1 Å². The van der Waals surface area contributed by atoms with Gasteiger partial charge in [-0.15, -0.1) is 0 Å². The number of rotatable bonds is 6. The summed E-state index contributed by atoms with van der Waals surface area (Å²) in [6.07, 6.45) is 2.91. The molecule has 1 fully saturated rings. The summed E-state index contributed by atoms with van der Waals surface area (Å²) in [7, 11) is 3.34. The van der Waals surface area contributed by atoms with E-state index in [4.69, 9.17) is 4.74 Å². The summed E-state index contributed by atoms with van der Waals surface area (Å²) in [5.41, 5.74) is 1.04. The predicted molar refractivity (Wildman–Crippen MR) is 103 cm³/mol. The molecule has 1 aliphatic rings. The Labute approximate surface area is 159 Å². The molecule has 0 radical (unpaired) electrons. The average Bonchev–Trinajstić information content (AvgIpc) is 3.00. The van der Waals surface area contributed by atoms with Crippen LogP contribution in [0.25, 0.3) is 0 Å². The van der Waals surface area contributed by atoms with Gasteiger partial charge < -0.3 is 9.64 Å². The van der Waals surface area contributed by atoms with Crippen LogP contribution < -0.4 is 10.4 Å². The molecule has 3 rings (SSSR count). The summed E-state index contributed by atoms with van der Waals surface area (Å²) in [4.78, 5) is 26.6. The summed E-state index contributed by atoms with van der Waals surface area (Å²) >= 11 is 0. The zero-order valence-corrected chi connectivity index (χ0v) is 16.4. The molecule has 1 aliphatic heterocycles. The highest BCUT2D eigenvalue weighted by Gasteiger charge is 2.27. The van der Waals surface area contributed by atoms with Crippen LogP contribution in [0.3, 0.4) is 0 Å². The number of aromatic nitrogens is 3. The highest BCUT2D eigenvalue weighted by Crippen LogP contribution is 2.26. The fraction of sp³-hybridized carbons (Fsp3) is 0.550. The topological polar surface area (TPSA) is 69.4 Å². The Morgan fingerprint density at radius 1 is 1.30 bits per heavy atom. The Balaban J connectivity index is 1.55. The number of nitrogens with zero attached hydrogens (tertiary/aromatic N) is 4. The van der Waals surface area contributed by atoms with Gasteiger partial charge >= 0.3 is 5.69 Å². The molecule has 1 amide bonds. The van der Waals surface area contributed by atoms with Crippen molar-refractivity contribution in [1.29, 1.82) is 0 Å². The molecule has 0 aliphatic carbocycles. The fourth-order valence-corrected chi connectivity index (χ4v) is 3.75. The molecule has 0 unspecified atom stereocenters. The molecule has 1 aromatic heterocycles. The zero-order valence-electron chi connectivity index (χ0n) is 16.4. The second-order valence-electron chi connectivity index (χ2n) is 7.02. The molecule has 27 heavy (non-hydrogen) atoms. The molecule has 1 saturated heterocycles. The van der Waals surface area contributed by atoms with Crippen molar-refractivity contribution in [2.75, 3.05) is 20.2 Å². The van der Waals surface area contributed by atoms with Crippen LogP contribution in [-0.2, 0) is 24.8 Å². The van der Waals surface area contributed by atoms with Gasteiger partial charge in [0.15, 0.2) is 0 Å². The predicted octanol–water partition coefficient (Wildman–Crippen LogP) is 1.95. The molecule has 0 atom stereocenters. The average molecular weight is 372 g/mol. The fourth-order valence-electron chi connectivity index (χ4n) is 3.75. The van der Waals surface area contributed by atoms with Crippen LogP contribution in [0.1, 0.15) is 43.5 Å². The van der Waals surface area contributed by atoms with E-state index in [-0.39, 0.29) is 17.5 Å². The molecular formula is C20H28N4O3. The third-order valence-electron chi connectivity index (χ3n) is 5.33. The quantitative estimate of drug-likeness (QED) is 0.777. The van der Waals surface area contributed by atoms with E-state index in [0.717, 1.165) is 43.1 Å². The molecule has 2 aromatic rings. The van der Waals surface area contributed by atoms with Gasteiger partial charge in [-0.1, -0.05) is 12.1 Å². The van der Waals surface area contributed by atoms with Gasteiger partial charge in [0.05, 0.1) is 7.11 Å². The van der Waals surface area contributed by atoms with Gasteiger partial charge in [0.2, 0.25) is 5.91 Å². The van der Waals surface area contributed by atoms with Crippen LogP contribution in [0.2, 0.25) is 0 Å². The van der Waals surface area contributed by atoms with Crippen LogP contribution in [0.5, 0.6) is 5.75 Å². The summed E-state index contributed by atoms with van der Waals surface area (Å²) in [6, 6.07) is 7.85. The first kappa shape index (κ1) is 19.2. The summed E-state index contributed by atoms with van der Waals surface area (Å²) in [6.45, 7) is 4.03. The number of methoxy groups -OCH3 is 1. The Morgan fingerprint density at radius 2 is 2.04 bits per heavy atom. The van der Waals surface area contributed by atoms with E-state index in [1.165, 1.54) is 4.68 Å². The summed E-state index contributed by atoms with van der Waals surface area (Å²) in [5, 5.41) is 4.42. The van der Waals surface area contributed by atoms with Crippen molar-refractivity contribution < 1.29 is 9.53 Å². The minimum absolute atomic E-state index is 0.0655. The van der Waals surface area contributed by atoms with Gasteiger partial charge in [0.25, 0.3) is 0 Å². The third kappa shape index (κ3) is 4.23. The van der Waals surface area contributed by atoms with E-state index in [1.54, 1.807) is 18.7 Å². The van der Waals surface area contributed by atoms with Crippen molar-refractivity contribution in [2.24, 2.45) is 7.05 Å². The maximum absolute atomic E-state index is 12.6. The first-order valence-corrected chi connectivity index (χ1v) is 9.58. The Morgan fingerprint density at radius 3 is 2.70 bits per heavy atom. The van der Waals surface area contributed by atoms with Crippen molar-refractivity contribution in [3.8, 4) is 5.75 Å². The van der Waals surface area contributed by atoms with E-state index in [9.17, 15) is 9.59 Å². The lowest BCUT2D eigenvalue weighted by molar-refractivity contribution is -0.132. The molecule has 0 N–H and O–H groups in total. The van der Waals surface area contributed by atoms with E-state index in [1.807, 2.05) is 36.1 Å². The number of carbonyl (C=O) groups excluding carboxylic acids is 1. The number of hydrogen-bond donors (Lipinski definition) is 0. The molecule has 0 bridgehead atoms. The van der Waals surface area contributed by atoms with E-state index in [0.29, 0.717) is 19.4 Å². The third-order valence-corrected chi connectivity index (χ3v) is 5.33. The van der Waals surface area contributed by atoms with Gasteiger partial charge in [-0.25, -0.2) is 9.48 Å². The van der Waals surface area contributed by atoms with Crippen LogP contribution in [-0.4, -0.2) is 45.4 Å². The number of aryl methyl sites for hydroxylation is 2. The van der Waals surface area contributed by atoms with E-state index in [2.05, 4.69) is 5.10 Å². The number of benzene rings is 1. The van der Waals surface area contributed by atoms with Crippen molar-refractivity contribution in [1.82, 2.24) is 19.2 Å². The van der Waals surface area contributed by atoms with Crippen LogP contribution in [0, 0.1) is 0 Å². The van der Waals surface area contributed by atoms with Gasteiger partial charge in [0, 0.05) is 39.0 Å². The summed E-state index contributed by atoms with van der Waals surface area (Å²) in [5.74, 6) is 2.10. The van der Waals surface area contributed by atoms with Crippen LogP contribution in [0.4, 0.5) is 0 Å². The molecule has 0 spiro atoms. The van der Waals surface area contributed by atoms with Crippen LogP contribution >= 0.6 is 0 Å². The molecule has 146 valence electrons.